The molecule has 0 bridgehead atoms. The molecule has 0 aromatic carbocycles. The van der Waals surface area contributed by atoms with Crippen molar-refractivity contribution in [2.45, 2.75) is 39.3 Å². The van der Waals surface area contributed by atoms with Gasteiger partial charge in [-0.1, -0.05) is 13.0 Å². The Morgan fingerprint density at radius 1 is 1.39 bits per heavy atom. The molecule has 18 heavy (non-hydrogen) atoms. The molecular formula is C14H20N4. The Labute approximate surface area is 108 Å². The number of rotatable bonds is 5. The average Bonchev–Trinajstić information content (AvgIpc) is 2.82. The van der Waals surface area contributed by atoms with E-state index in [2.05, 4.69) is 30.0 Å². The first-order valence-electron chi connectivity index (χ1n) is 6.45. The first-order chi connectivity index (χ1) is 8.74. The highest BCUT2D eigenvalue weighted by molar-refractivity contribution is 5.18. The number of aromatic nitrogens is 3. The second-order valence-corrected chi connectivity index (χ2v) is 4.39. The Balaban J connectivity index is 2.16. The van der Waals surface area contributed by atoms with Crippen LogP contribution in [0.3, 0.4) is 0 Å². The van der Waals surface area contributed by atoms with Gasteiger partial charge in [0.15, 0.2) is 0 Å². The van der Waals surface area contributed by atoms with E-state index in [9.17, 15) is 0 Å². The fourth-order valence-corrected chi connectivity index (χ4v) is 2.06. The summed E-state index contributed by atoms with van der Waals surface area (Å²) in [5.41, 5.74) is 9.62. The molecule has 0 spiro atoms. The second-order valence-electron chi connectivity index (χ2n) is 4.39. The molecule has 1 unspecified atom stereocenters. The molecule has 96 valence electrons. The number of aryl methyl sites for hydroxylation is 2. The summed E-state index contributed by atoms with van der Waals surface area (Å²) in [5.74, 6) is 0. The van der Waals surface area contributed by atoms with Crippen molar-refractivity contribution in [1.82, 2.24) is 14.8 Å². The molecule has 2 N–H and O–H groups in total. The molecule has 0 saturated heterocycles. The second kappa shape index (κ2) is 5.78. The van der Waals surface area contributed by atoms with Gasteiger partial charge < -0.3 is 5.73 Å². The van der Waals surface area contributed by atoms with Crippen molar-refractivity contribution in [2.24, 2.45) is 5.73 Å². The van der Waals surface area contributed by atoms with Crippen LogP contribution in [0.1, 0.15) is 36.8 Å². The van der Waals surface area contributed by atoms with Gasteiger partial charge in [0.05, 0.1) is 5.69 Å². The Hall–Kier alpha value is -1.68. The van der Waals surface area contributed by atoms with Crippen molar-refractivity contribution in [3.8, 4) is 0 Å². The molecule has 2 heterocycles. The maximum atomic E-state index is 6.22. The van der Waals surface area contributed by atoms with Crippen LogP contribution in [-0.4, -0.2) is 14.8 Å². The third-order valence-corrected chi connectivity index (χ3v) is 3.12. The normalized spacial score (nSPS) is 12.6. The minimum absolute atomic E-state index is 0.0228. The summed E-state index contributed by atoms with van der Waals surface area (Å²) in [5, 5.41) is 4.54. The maximum Gasteiger partial charge on any atom is 0.0624 e. The number of hydrogen-bond donors (Lipinski definition) is 1. The minimum atomic E-state index is -0.0228. The topological polar surface area (TPSA) is 56.7 Å². The van der Waals surface area contributed by atoms with E-state index in [1.807, 2.05) is 23.0 Å². The Morgan fingerprint density at radius 2 is 2.22 bits per heavy atom. The summed E-state index contributed by atoms with van der Waals surface area (Å²) < 4.78 is 2.04. The van der Waals surface area contributed by atoms with Gasteiger partial charge in [0, 0.05) is 37.1 Å². The predicted molar refractivity (Wildman–Crippen MR) is 72.1 cm³/mol. The molecule has 0 saturated carbocycles. The number of pyridine rings is 1. The first-order valence-corrected chi connectivity index (χ1v) is 6.45. The highest BCUT2D eigenvalue weighted by atomic mass is 15.3. The van der Waals surface area contributed by atoms with Crippen LogP contribution in [0.4, 0.5) is 0 Å². The van der Waals surface area contributed by atoms with E-state index in [-0.39, 0.29) is 6.04 Å². The molecule has 0 amide bonds. The molecule has 1 atom stereocenters. The van der Waals surface area contributed by atoms with E-state index >= 15 is 0 Å². The van der Waals surface area contributed by atoms with Crippen molar-refractivity contribution in [3.05, 3.63) is 47.5 Å². The monoisotopic (exact) mass is 244 g/mol. The fraction of sp³-hybridized carbons (Fsp3) is 0.429. The average molecular weight is 244 g/mol. The lowest BCUT2D eigenvalue weighted by Gasteiger charge is -2.12. The maximum absolute atomic E-state index is 6.22. The van der Waals surface area contributed by atoms with E-state index < -0.39 is 0 Å². The summed E-state index contributed by atoms with van der Waals surface area (Å²) >= 11 is 0. The van der Waals surface area contributed by atoms with E-state index in [0.29, 0.717) is 0 Å². The zero-order valence-corrected chi connectivity index (χ0v) is 11.0. The van der Waals surface area contributed by atoms with Crippen LogP contribution in [0.2, 0.25) is 0 Å². The number of hydrogen-bond acceptors (Lipinski definition) is 3. The summed E-state index contributed by atoms with van der Waals surface area (Å²) in [6.07, 6.45) is 5.36. The lowest BCUT2D eigenvalue weighted by Crippen LogP contribution is -2.16. The summed E-state index contributed by atoms with van der Waals surface area (Å²) in [6.45, 7) is 5.10. The van der Waals surface area contributed by atoms with Crippen LogP contribution in [0.5, 0.6) is 0 Å². The van der Waals surface area contributed by atoms with Crippen molar-refractivity contribution < 1.29 is 0 Å². The van der Waals surface area contributed by atoms with Gasteiger partial charge in [-0.3, -0.25) is 9.67 Å². The van der Waals surface area contributed by atoms with Crippen LogP contribution in [-0.2, 0) is 19.4 Å². The third kappa shape index (κ3) is 2.76. The van der Waals surface area contributed by atoms with Crippen LogP contribution >= 0.6 is 0 Å². The summed E-state index contributed by atoms with van der Waals surface area (Å²) in [4.78, 5) is 4.11. The van der Waals surface area contributed by atoms with E-state index in [1.165, 1.54) is 5.69 Å². The van der Waals surface area contributed by atoms with Gasteiger partial charge in [0.1, 0.15) is 0 Å². The van der Waals surface area contributed by atoms with Gasteiger partial charge in [-0.2, -0.15) is 5.10 Å². The minimum Gasteiger partial charge on any atom is -0.324 e. The molecule has 2 rings (SSSR count). The molecule has 0 fully saturated rings. The first kappa shape index (κ1) is 12.8. The fourth-order valence-electron chi connectivity index (χ4n) is 2.06. The van der Waals surface area contributed by atoms with Crippen LogP contribution < -0.4 is 5.73 Å². The molecule has 4 heteroatoms. The molecule has 0 radical (unpaired) electrons. The summed E-state index contributed by atoms with van der Waals surface area (Å²) in [6, 6.07) is 6.07. The largest absolute Gasteiger partial charge is 0.324 e. The third-order valence-electron chi connectivity index (χ3n) is 3.12. The van der Waals surface area contributed by atoms with Crippen LogP contribution in [0.25, 0.3) is 0 Å². The van der Waals surface area contributed by atoms with E-state index in [1.54, 1.807) is 6.20 Å². The highest BCUT2D eigenvalue weighted by Crippen LogP contribution is 2.16. The highest BCUT2D eigenvalue weighted by Gasteiger charge is 2.12. The van der Waals surface area contributed by atoms with Gasteiger partial charge in [0.2, 0.25) is 0 Å². The molecule has 0 aliphatic carbocycles. The predicted octanol–water partition coefficient (Wildman–Crippen LogP) is 2.10. The molecular weight excluding hydrogens is 224 g/mol. The Bertz CT molecular complexity index is 490. The van der Waals surface area contributed by atoms with Crippen molar-refractivity contribution in [1.29, 1.82) is 0 Å². The van der Waals surface area contributed by atoms with Crippen LogP contribution in [0.15, 0.2) is 30.6 Å². The SMILES string of the molecule is CCc1cc(CC(N)c2cccnc2)n(CC)n1. The van der Waals surface area contributed by atoms with Gasteiger partial charge >= 0.3 is 0 Å². The van der Waals surface area contributed by atoms with Crippen molar-refractivity contribution in [2.75, 3.05) is 0 Å². The zero-order valence-electron chi connectivity index (χ0n) is 11.0. The molecule has 4 nitrogen and oxygen atoms in total. The Morgan fingerprint density at radius 3 is 2.83 bits per heavy atom. The Kier molecular flexibility index (Phi) is 4.10. The molecule has 0 aliphatic rings. The smallest absolute Gasteiger partial charge is 0.0624 e. The van der Waals surface area contributed by atoms with Gasteiger partial charge in [-0.25, -0.2) is 0 Å². The van der Waals surface area contributed by atoms with Gasteiger partial charge in [-0.15, -0.1) is 0 Å². The number of nitrogens with zero attached hydrogens (tertiary/aromatic N) is 3. The van der Waals surface area contributed by atoms with Crippen molar-refractivity contribution >= 4 is 0 Å². The lowest BCUT2D eigenvalue weighted by atomic mass is 10.0. The van der Waals surface area contributed by atoms with Gasteiger partial charge in [0.25, 0.3) is 0 Å². The number of nitrogens with two attached hydrogens (primary N) is 1. The molecule has 0 aliphatic heterocycles. The van der Waals surface area contributed by atoms with Crippen LogP contribution in [0, 0.1) is 0 Å². The van der Waals surface area contributed by atoms with E-state index in [0.717, 1.165) is 30.6 Å². The summed E-state index contributed by atoms with van der Waals surface area (Å²) in [7, 11) is 0. The zero-order chi connectivity index (χ0) is 13.0. The quantitative estimate of drug-likeness (QED) is 0.876. The van der Waals surface area contributed by atoms with E-state index in [4.69, 9.17) is 5.73 Å². The molecule has 2 aromatic heterocycles. The molecule has 2 aromatic rings. The van der Waals surface area contributed by atoms with Gasteiger partial charge in [-0.05, 0) is 31.0 Å². The van der Waals surface area contributed by atoms with Crippen molar-refractivity contribution in [3.63, 3.8) is 0 Å². The standard InChI is InChI=1S/C14H20N4/c1-3-12-8-13(18(4-2)17-12)9-14(15)11-6-5-7-16-10-11/h5-8,10,14H,3-4,9,15H2,1-2H3. The lowest BCUT2D eigenvalue weighted by molar-refractivity contribution is 0.585.